The van der Waals surface area contributed by atoms with Crippen molar-refractivity contribution in [3.63, 3.8) is 0 Å². The standard InChI is InChI=1S/C15H12ClN3O3/c1-10-6-7-11(8-14(10)19(21)22)9-17-18-15(20)12-4-2-3-5-13(12)16/h2-9H,1H3,(H,18,20)/b17-9-. The van der Waals surface area contributed by atoms with E-state index in [1.807, 2.05) is 0 Å². The third-order valence-electron chi connectivity index (χ3n) is 2.93. The predicted molar refractivity (Wildman–Crippen MR) is 84.3 cm³/mol. The number of amides is 1. The normalized spacial score (nSPS) is 10.6. The van der Waals surface area contributed by atoms with Gasteiger partial charge in [-0.2, -0.15) is 5.10 Å². The zero-order chi connectivity index (χ0) is 16.1. The molecule has 0 aliphatic heterocycles. The van der Waals surface area contributed by atoms with Crippen molar-refractivity contribution < 1.29 is 9.72 Å². The van der Waals surface area contributed by atoms with Crippen LogP contribution in [0.15, 0.2) is 47.6 Å². The number of carbonyl (C=O) groups excluding carboxylic acids is 1. The van der Waals surface area contributed by atoms with Gasteiger partial charge in [-0.3, -0.25) is 14.9 Å². The number of carbonyl (C=O) groups is 1. The minimum atomic E-state index is -0.463. The fourth-order valence-corrected chi connectivity index (χ4v) is 2.00. The van der Waals surface area contributed by atoms with Crippen LogP contribution in [0.3, 0.4) is 0 Å². The third-order valence-corrected chi connectivity index (χ3v) is 3.26. The van der Waals surface area contributed by atoms with Gasteiger partial charge in [0.1, 0.15) is 0 Å². The quantitative estimate of drug-likeness (QED) is 0.533. The Bertz CT molecular complexity index is 759. The topological polar surface area (TPSA) is 84.6 Å². The van der Waals surface area contributed by atoms with Gasteiger partial charge in [0.15, 0.2) is 0 Å². The summed E-state index contributed by atoms with van der Waals surface area (Å²) in [6.07, 6.45) is 1.33. The van der Waals surface area contributed by atoms with Crippen molar-refractivity contribution in [3.05, 3.63) is 74.3 Å². The molecule has 6 nitrogen and oxygen atoms in total. The second kappa shape index (κ2) is 6.82. The highest BCUT2D eigenvalue weighted by Gasteiger charge is 2.10. The maximum Gasteiger partial charge on any atom is 0.272 e. The molecule has 1 amide bonds. The van der Waals surface area contributed by atoms with Crippen molar-refractivity contribution in [2.45, 2.75) is 6.92 Å². The van der Waals surface area contributed by atoms with Crippen molar-refractivity contribution in [2.75, 3.05) is 0 Å². The van der Waals surface area contributed by atoms with E-state index in [-0.39, 0.29) is 5.69 Å². The summed E-state index contributed by atoms with van der Waals surface area (Å²) >= 11 is 5.90. The minimum absolute atomic E-state index is 0.00128. The highest BCUT2D eigenvalue weighted by molar-refractivity contribution is 6.33. The van der Waals surface area contributed by atoms with Crippen LogP contribution in [0, 0.1) is 17.0 Å². The molecule has 1 N–H and O–H groups in total. The molecule has 22 heavy (non-hydrogen) atoms. The minimum Gasteiger partial charge on any atom is -0.267 e. The van der Waals surface area contributed by atoms with Crippen molar-refractivity contribution in [1.82, 2.24) is 5.43 Å². The molecule has 7 heteroatoms. The van der Waals surface area contributed by atoms with Crippen molar-refractivity contribution in [2.24, 2.45) is 5.10 Å². The van der Waals surface area contributed by atoms with Gasteiger partial charge in [-0.25, -0.2) is 5.43 Å². The molecule has 0 heterocycles. The Kier molecular flexibility index (Phi) is 4.85. The molecule has 0 aliphatic rings. The summed E-state index contributed by atoms with van der Waals surface area (Å²) in [5.74, 6) is -0.455. The van der Waals surface area contributed by atoms with Gasteiger partial charge in [-0.15, -0.1) is 0 Å². The molecule has 2 aromatic carbocycles. The summed E-state index contributed by atoms with van der Waals surface area (Å²) < 4.78 is 0. The van der Waals surface area contributed by atoms with Crippen LogP contribution >= 0.6 is 11.6 Å². The van der Waals surface area contributed by atoms with Gasteiger partial charge in [-0.05, 0) is 19.1 Å². The molecule has 0 saturated carbocycles. The fraction of sp³-hybridized carbons (Fsp3) is 0.0667. The number of nitrogens with one attached hydrogen (secondary N) is 1. The Morgan fingerprint density at radius 3 is 2.73 bits per heavy atom. The Morgan fingerprint density at radius 2 is 2.05 bits per heavy atom. The average molecular weight is 318 g/mol. The van der Waals surface area contributed by atoms with Crippen LogP contribution in [0.1, 0.15) is 21.5 Å². The molecule has 2 aromatic rings. The van der Waals surface area contributed by atoms with E-state index >= 15 is 0 Å². The predicted octanol–water partition coefficient (Wildman–Crippen LogP) is 3.32. The first-order valence-corrected chi connectivity index (χ1v) is 6.70. The summed E-state index contributed by atoms with van der Waals surface area (Å²) in [4.78, 5) is 22.3. The summed E-state index contributed by atoms with van der Waals surface area (Å²) in [6.45, 7) is 1.65. The molecule has 0 unspecified atom stereocenters. The monoisotopic (exact) mass is 317 g/mol. The van der Waals surface area contributed by atoms with E-state index in [1.54, 1.807) is 43.3 Å². The number of benzene rings is 2. The van der Waals surface area contributed by atoms with Gasteiger partial charge in [0, 0.05) is 17.2 Å². The molecule has 0 bridgehead atoms. The molecule has 0 radical (unpaired) electrons. The maximum absolute atomic E-state index is 11.9. The third kappa shape index (κ3) is 3.67. The smallest absolute Gasteiger partial charge is 0.267 e. The Labute approximate surface area is 131 Å². The van der Waals surface area contributed by atoms with E-state index in [9.17, 15) is 14.9 Å². The number of nitrogens with zero attached hydrogens (tertiary/aromatic N) is 2. The number of aryl methyl sites for hydroxylation is 1. The number of rotatable bonds is 4. The van der Waals surface area contributed by atoms with Gasteiger partial charge in [0.2, 0.25) is 0 Å². The van der Waals surface area contributed by atoms with Crippen molar-refractivity contribution >= 4 is 29.4 Å². The van der Waals surface area contributed by atoms with E-state index in [2.05, 4.69) is 10.5 Å². The summed E-state index contributed by atoms with van der Waals surface area (Å²) in [6, 6.07) is 11.3. The molecule has 0 spiro atoms. The van der Waals surface area contributed by atoms with Crippen molar-refractivity contribution in [1.29, 1.82) is 0 Å². The maximum atomic E-state index is 11.9. The van der Waals surface area contributed by atoms with Crippen LogP contribution in [0.4, 0.5) is 5.69 Å². The second-order valence-corrected chi connectivity index (χ2v) is 4.89. The highest BCUT2D eigenvalue weighted by atomic mass is 35.5. The van der Waals surface area contributed by atoms with Crippen LogP contribution in [-0.2, 0) is 0 Å². The number of hydrogen-bond donors (Lipinski definition) is 1. The lowest BCUT2D eigenvalue weighted by atomic mass is 10.1. The SMILES string of the molecule is Cc1ccc(/C=N\NC(=O)c2ccccc2Cl)cc1[N+](=O)[O-]. The van der Waals surface area contributed by atoms with E-state index < -0.39 is 10.8 Å². The first-order chi connectivity index (χ1) is 10.5. The molecule has 2 rings (SSSR count). The zero-order valence-corrected chi connectivity index (χ0v) is 12.4. The molecule has 112 valence electrons. The van der Waals surface area contributed by atoms with Gasteiger partial charge in [0.25, 0.3) is 11.6 Å². The highest BCUT2D eigenvalue weighted by Crippen LogP contribution is 2.18. The molecule has 0 fully saturated rings. The number of nitro benzene ring substituents is 1. The molecule has 0 saturated heterocycles. The van der Waals surface area contributed by atoms with E-state index in [4.69, 9.17) is 11.6 Å². The van der Waals surface area contributed by atoms with Crippen LogP contribution in [0.2, 0.25) is 5.02 Å². The number of hydrazone groups is 1. The molecule has 0 aliphatic carbocycles. The lowest BCUT2D eigenvalue weighted by Gasteiger charge is -2.02. The lowest BCUT2D eigenvalue weighted by Crippen LogP contribution is -2.17. The number of nitro groups is 1. The molecule has 0 atom stereocenters. The lowest BCUT2D eigenvalue weighted by molar-refractivity contribution is -0.385. The van der Waals surface area contributed by atoms with E-state index in [0.717, 1.165) is 0 Å². The Hall–Kier alpha value is -2.73. The van der Waals surface area contributed by atoms with Crippen LogP contribution in [0.5, 0.6) is 0 Å². The van der Waals surface area contributed by atoms with E-state index in [0.29, 0.717) is 21.7 Å². The first-order valence-electron chi connectivity index (χ1n) is 6.32. The molecular formula is C15H12ClN3O3. The van der Waals surface area contributed by atoms with Gasteiger partial charge in [-0.1, -0.05) is 35.9 Å². The number of hydrogen-bond acceptors (Lipinski definition) is 4. The van der Waals surface area contributed by atoms with Crippen LogP contribution in [-0.4, -0.2) is 17.0 Å². The van der Waals surface area contributed by atoms with Gasteiger partial charge in [0.05, 0.1) is 21.7 Å². The second-order valence-electron chi connectivity index (χ2n) is 4.48. The van der Waals surface area contributed by atoms with Gasteiger partial charge >= 0.3 is 0 Å². The Balaban J connectivity index is 2.10. The average Bonchev–Trinajstić information content (AvgIpc) is 2.49. The van der Waals surface area contributed by atoms with Crippen molar-refractivity contribution in [3.8, 4) is 0 Å². The van der Waals surface area contributed by atoms with Gasteiger partial charge < -0.3 is 0 Å². The van der Waals surface area contributed by atoms with Crippen LogP contribution < -0.4 is 5.43 Å². The summed E-state index contributed by atoms with van der Waals surface area (Å²) in [7, 11) is 0. The number of halogens is 1. The fourth-order valence-electron chi connectivity index (χ4n) is 1.77. The first kappa shape index (κ1) is 15.7. The summed E-state index contributed by atoms with van der Waals surface area (Å²) in [5.41, 5.74) is 3.70. The molecule has 0 aromatic heterocycles. The Morgan fingerprint density at radius 1 is 1.32 bits per heavy atom. The zero-order valence-electron chi connectivity index (χ0n) is 11.6. The largest absolute Gasteiger partial charge is 0.272 e. The van der Waals surface area contributed by atoms with Crippen LogP contribution in [0.25, 0.3) is 0 Å². The molecular weight excluding hydrogens is 306 g/mol. The van der Waals surface area contributed by atoms with E-state index in [1.165, 1.54) is 12.3 Å². The summed E-state index contributed by atoms with van der Waals surface area (Å²) in [5, 5.41) is 15.0.